The number of esters is 1. The molecule has 0 saturated carbocycles. The summed E-state index contributed by atoms with van der Waals surface area (Å²) in [6, 6.07) is 8.44. The number of carbonyl (C=O) groups is 1. The van der Waals surface area contributed by atoms with Crippen molar-refractivity contribution in [2.24, 2.45) is 0 Å². The predicted octanol–water partition coefficient (Wildman–Crippen LogP) is 3.22. The minimum absolute atomic E-state index is 0.120. The number of aliphatic hydroxyl groups excluding tert-OH is 1. The van der Waals surface area contributed by atoms with E-state index in [0.29, 0.717) is 22.3 Å². The summed E-state index contributed by atoms with van der Waals surface area (Å²) in [5.41, 5.74) is 2.49. The predicted molar refractivity (Wildman–Crippen MR) is 86.8 cm³/mol. The van der Waals surface area contributed by atoms with Gasteiger partial charge in [-0.1, -0.05) is 18.2 Å². The van der Waals surface area contributed by atoms with Gasteiger partial charge in [0.2, 0.25) is 0 Å². The van der Waals surface area contributed by atoms with Crippen LogP contribution in [0.4, 0.5) is 0 Å². The molecule has 2 N–H and O–H groups in total. The Morgan fingerprint density at radius 2 is 1.83 bits per heavy atom. The fraction of sp³-hybridized carbons (Fsp3) is 0.278. The first-order valence-corrected chi connectivity index (χ1v) is 7.18. The second-order valence-corrected chi connectivity index (χ2v) is 5.25. The van der Waals surface area contributed by atoms with Crippen LogP contribution in [0.1, 0.15) is 34.5 Å². The normalized spacial score (nSPS) is 11.9. The summed E-state index contributed by atoms with van der Waals surface area (Å²) in [5.74, 6) is -0.365. The van der Waals surface area contributed by atoms with E-state index in [1.54, 1.807) is 31.2 Å². The number of aliphatic hydroxyl groups is 1. The van der Waals surface area contributed by atoms with Crippen LogP contribution in [0.5, 0.6) is 11.5 Å². The van der Waals surface area contributed by atoms with Crippen LogP contribution in [0.15, 0.2) is 30.3 Å². The zero-order valence-electron chi connectivity index (χ0n) is 13.6. The van der Waals surface area contributed by atoms with Crippen molar-refractivity contribution in [1.82, 2.24) is 0 Å². The summed E-state index contributed by atoms with van der Waals surface area (Å²) < 4.78 is 10.00. The zero-order valence-corrected chi connectivity index (χ0v) is 13.6. The number of ether oxygens (including phenoxy) is 2. The van der Waals surface area contributed by atoms with Crippen molar-refractivity contribution in [2.45, 2.75) is 20.0 Å². The summed E-state index contributed by atoms with van der Waals surface area (Å²) in [4.78, 5) is 12.1. The molecule has 2 rings (SSSR count). The number of carbonyl (C=O) groups excluding carboxylic acids is 1. The van der Waals surface area contributed by atoms with Crippen molar-refractivity contribution < 1.29 is 24.5 Å². The second kappa shape index (κ2) is 6.71. The van der Waals surface area contributed by atoms with Gasteiger partial charge in [-0.3, -0.25) is 0 Å². The largest absolute Gasteiger partial charge is 0.504 e. The average Bonchev–Trinajstić information content (AvgIpc) is 2.53. The lowest BCUT2D eigenvalue weighted by atomic mass is 9.89. The molecule has 0 unspecified atom stereocenters. The van der Waals surface area contributed by atoms with Gasteiger partial charge in [0.15, 0.2) is 11.5 Å². The van der Waals surface area contributed by atoms with E-state index in [1.165, 1.54) is 14.2 Å². The summed E-state index contributed by atoms with van der Waals surface area (Å²) in [6.07, 6.45) is -0.827. The summed E-state index contributed by atoms with van der Waals surface area (Å²) >= 11 is 0. The molecule has 0 saturated heterocycles. The molecule has 2 aromatic rings. The van der Waals surface area contributed by atoms with Gasteiger partial charge in [-0.2, -0.15) is 0 Å². The molecule has 23 heavy (non-hydrogen) atoms. The fourth-order valence-electron chi connectivity index (χ4n) is 2.64. The van der Waals surface area contributed by atoms with E-state index >= 15 is 0 Å². The molecule has 0 fully saturated rings. The van der Waals surface area contributed by atoms with Crippen molar-refractivity contribution in [3.63, 3.8) is 0 Å². The van der Waals surface area contributed by atoms with Gasteiger partial charge in [0, 0.05) is 11.1 Å². The van der Waals surface area contributed by atoms with Gasteiger partial charge in [0.25, 0.3) is 0 Å². The molecule has 0 aliphatic rings. The first-order valence-electron chi connectivity index (χ1n) is 7.18. The van der Waals surface area contributed by atoms with Crippen LogP contribution in [0, 0.1) is 6.92 Å². The van der Waals surface area contributed by atoms with Crippen LogP contribution in [0.25, 0.3) is 11.1 Å². The van der Waals surface area contributed by atoms with Crippen LogP contribution in [0.2, 0.25) is 0 Å². The Morgan fingerprint density at radius 3 is 2.39 bits per heavy atom. The van der Waals surface area contributed by atoms with Crippen LogP contribution < -0.4 is 4.74 Å². The Balaban J connectivity index is 2.88. The third-order valence-corrected chi connectivity index (χ3v) is 3.77. The Morgan fingerprint density at radius 1 is 1.13 bits per heavy atom. The molecular formula is C18H20O5. The van der Waals surface area contributed by atoms with E-state index in [4.69, 9.17) is 9.47 Å². The van der Waals surface area contributed by atoms with Crippen molar-refractivity contribution in [2.75, 3.05) is 14.2 Å². The molecule has 0 spiro atoms. The molecule has 1 atom stereocenters. The SMILES string of the molecule is COC(=O)c1cccc(C)c1-c1c([C@@H](C)O)ccc(OC)c1O. The monoisotopic (exact) mass is 316 g/mol. The van der Waals surface area contributed by atoms with Gasteiger partial charge in [-0.05, 0) is 37.1 Å². The lowest BCUT2D eigenvalue weighted by Gasteiger charge is -2.19. The maximum Gasteiger partial charge on any atom is 0.338 e. The Bertz CT molecular complexity index is 734. The minimum atomic E-state index is -0.827. The molecule has 2 aromatic carbocycles. The highest BCUT2D eigenvalue weighted by Gasteiger charge is 2.24. The van der Waals surface area contributed by atoms with E-state index in [2.05, 4.69) is 0 Å². The van der Waals surface area contributed by atoms with Gasteiger partial charge in [0.05, 0.1) is 25.9 Å². The zero-order chi connectivity index (χ0) is 17.1. The number of aryl methyl sites for hydroxylation is 1. The first kappa shape index (κ1) is 16.8. The summed E-state index contributed by atoms with van der Waals surface area (Å²) in [6.45, 7) is 3.42. The van der Waals surface area contributed by atoms with Crippen LogP contribution in [0.3, 0.4) is 0 Å². The van der Waals surface area contributed by atoms with Crippen LogP contribution >= 0.6 is 0 Å². The second-order valence-electron chi connectivity index (χ2n) is 5.25. The number of benzene rings is 2. The topological polar surface area (TPSA) is 76.0 Å². The van der Waals surface area contributed by atoms with Gasteiger partial charge in [0.1, 0.15) is 0 Å². The van der Waals surface area contributed by atoms with Crippen molar-refractivity contribution >= 4 is 5.97 Å². The minimum Gasteiger partial charge on any atom is -0.504 e. The molecule has 0 aliphatic heterocycles. The molecule has 0 aliphatic carbocycles. The number of hydrogen-bond acceptors (Lipinski definition) is 5. The molecule has 0 radical (unpaired) electrons. The molecular weight excluding hydrogens is 296 g/mol. The highest BCUT2D eigenvalue weighted by molar-refractivity contribution is 6.00. The molecule has 122 valence electrons. The van der Waals surface area contributed by atoms with E-state index < -0.39 is 12.1 Å². The number of phenolic OH excluding ortho intramolecular Hbond substituents is 1. The van der Waals surface area contributed by atoms with E-state index in [1.807, 2.05) is 13.0 Å². The van der Waals surface area contributed by atoms with E-state index in [9.17, 15) is 15.0 Å². The van der Waals surface area contributed by atoms with Gasteiger partial charge < -0.3 is 19.7 Å². The third kappa shape index (κ3) is 3.00. The van der Waals surface area contributed by atoms with Crippen LogP contribution in [-0.2, 0) is 4.74 Å². The van der Waals surface area contributed by atoms with Gasteiger partial charge in [-0.15, -0.1) is 0 Å². The third-order valence-electron chi connectivity index (χ3n) is 3.77. The number of rotatable bonds is 4. The molecule has 0 bridgehead atoms. The highest BCUT2D eigenvalue weighted by atomic mass is 16.5. The highest BCUT2D eigenvalue weighted by Crippen LogP contribution is 2.44. The smallest absolute Gasteiger partial charge is 0.338 e. The van der Waals surface area contributed by atoms with Crippen molar-refractivity contribution in [3.8, 4) is 22.6 Å². The van der Waals surface area contributed by atoms with E-state index in [0.717, 1.165) is 5.56 Å². The number of phenols is 1. The molecule has 0 aromatic heterocycles. The average molecular weight is 316 g/mol. The number of hydrogen-bond donors (Lipinski definition) is 2. The standard InChI is InChI=1S/C18H20O5/c1-10-6-5-7-13(18(21)23-4)15(10)16-12(11(2)19)8-9-14(22-3)17(16)20/h5-9,11,19-20H,1-4H3/t11-/m1/s1. The van der Waals surface area contributed by atoms with Crippen molar-refractivity contribution in [1.29, 1.82) is 0 Å². The summed E-state index contributed by atoms with van der Waals surface area (Å²) in [7, 11) is 2.75. The van der Waals surface area contributed by atoms with Crippen molar-refractivity contribution in [3.05, 3.63) is 47.0 Å². The van der Waals surface area contributed by atoms with Gasteiger partial charge >= 0.3 is 5.97 Å². The molecule has 5 heteroatoms. The number of methoxy groups -OCH3 is 2. The molecule has 0 amide bonds. The lowest BCUT2D eigenvalue weighted by molar-refractivity contribution is 0.0601. The lowest BCUT2D eigenvalue weighted by Crippen LogP contribution is -2.07. The van der Waals surface area contributed by atoms with E-state index in [-0.39, 0.29) is 11.5 Å². The Kier molecular flexibility index (Phi) is 4.91. The maximum absolute atomic E-state index is 12.1. The fourth-order valence-corrected chi connectivity index (χ4v) is 2.64. The van der Waals surface area contributed by atoms with Gasteiger partial charge in [-0.25, -0.2) is 4.79 Å². The molecule has 0 heterocycles. The quantitative estimate of drug-likeness (QED) is 0.847. The Hall–Kier alpha value is -2.53. The van der Waals surface area contributed by atoms with Crippen LogP contribution in [-0.4, -0.2) is 30.4 Å². The maximum atomic E-state index is 12.1. The summed E-state index contributed by atoms with van der Waals surface area (Å²) in [5, 5.41) is 20.7. The number of aromatic hydroxyl groups is 1. The first-order chi connectivity index (χ1) is 10.9. The Labute approximate surface area is 135 Å². The molecule has 5 nitrogen and oxygen atoms in total.